The Kier molecular flexibility index (Phi) is 2.32. The minimum atomic E-state index is 0.662. The Labute approximate surface area is 82.2 Å². The number of imidazole rings is 1. The van der Waals surface area contributed by atoms with Gasteiger partial charge in [-0.05, 0) is 0 Å². The van der Waals surface area contributed by atoms with E-state index in [0.29, 0.717) is 6.54 Å². The van der Waals surface area contributed by atoms with E-state index in [1.807, 2.05) is 24.0 Å². The number of aryl methyl sites for hydroxylation is 1. The molecule has 0 aliphatic rings. The molecular weight excluding hydrogens is 176 g/mol. The molecule has 0 radical (unpaired) electrons. The average Bonchev–Trinajstić information content (AvgIpc) is 2.77. The lowest BCUT2D eigenvalue weighted by molar-refractivity contribution is 0.767. The van der Waals surface area contributed by atoms with Crippen LogP contribution in [0.15, 0.2) is 31.1 Å². The molecule has 70 valence electrons. The minimum absolute atomic E-state index is 0.662. The lowest BCUT2D eigenvalue weighted by Crippen LogP contribution is -1.89. The first-order valence-corrected chi connectivity index (χ1v) is 4.28. The lowest BCUT2D eigenvalue weighted by Gasteiger charge is -1.89. The van der Waals surface area contributed by atoms with Gasteiger partial charge in [0.25, 0.3) is 0 Å². The van der Waals surface area contributed by atoms with E-state index in [-0.39, 0.29) is 0 Å². The van der Waals surface area contributed by atoms with Gasteiger partial charge in [-0.3, -0.25) is 4.68 Å². The average molecular weight is 186 g/mol. The van der Waals surface area contributed by atoms with Crippen molar-refractivity contribution >= 4 is 0 Å². The Morgan fingerprint density at radius 3 is 3.07 bits per heavy atom. The zero-order valence-electron chi connectivity index (χ0n) is 7.88. The maximum absolute atomic E-state index is 4.03. The second kappa shape index (κ2) is 3.79. The maximum Gasteiger partial charge on any atom is 0.0954 e. The van der Waals surface area contributed by atoms with Crippen LogP contribution >= 0.6 is 0 Å². The van der Waals surface area contributed by atoms with Crippen LogP contribution in [0.5, 0.6) is 0 Å². The second-order valence-corrected chi connectivity index (χ2v) is 2.94. The molecule has 2 aromatic rings. The highest BCUT2D eigenvalue weighted by Crippen LogP contribution is 1.92. The normalized spacial score (nSPS) is 9.50. The summed E-state index contributed by atoms with van der Waals surface area (Å²) in [6.07, 6.45) is 9.02. The van der Waals surface area contributed by atoms with Crippen molar-refractivity contribution in [3.8, 4) is 11.8 Å². The summed E-state index contributed by atoms with van der Waals surface area (Å²) in [5.74, 6) is 6.06. The molecule has 2 heterocycles. The van der Waals surface area contributed by atoms with Crippen LogP contribution < -0.4 is 0 Å². The van der Waals surface area contributed by atoms with Crippen molar-refractivity contribution < 1.29 is 0 Å². The molecule has 0 atom stereocenters. The summed E-state index contributed by atoms with van der Waals surface area (Å²) in [6.45, 7) is 0.662. The zero-order chi connectivity index (χ0) is 9.80. The number of nitrogens with zero attached hydrogens (tertiary/aromatic N) is 4. The van der Waals surface area contributed by atoms with Crippen molar-refractivity contribution in [3.63, 3.8) is 0 Å². The molecule has 2 aromatic heterocycles. The van der Waals surface area contributed by atoms with E-state index in [4.69, 9.17) is 0 Å². The Balaban J connectivity index is 2.01. The van der Waals surface area contributed by atoms with Gasteiger partial charge in [-0.2, -0.15) is 5.10 Å². The molecule has 0 amide bonds. The van der Waals surface area contributed by atoms with Crippen LogP contribution in [-0.4, -0.2) is 19.3 Å². The molecule has 0 saturated heterocycles. The summed E-state index contributed by atoms with van der Waals surface area (Å²) < 4.78 is 3.66. The van der Waals surface area contributed by atoms with Gasteiger partial charge >= 0.3 is 0 Å². The molecule has 0 fully saturated rings. The van der Waals surface area contributed by atoms with Gasteiger partial charge in [0, 0.05) is 25.6 Å². The van der Waals surface area contributed by atoms with Crippen molar-refractivity contribution in [2.24, 2.45) is 7.05 Å². The third-order valence-corrected chi connectivity index (χ3v) is 1.76. The fourth-order valence-electron chi connectivity index (χ4n) is 1.10. The largest absolute Gasteiger partial charge is 0.326 e. The Morgan fingerprint density at radius 1 is 1.50 bits per heavy atom. The third kappa shape index (κ3) is 2.02. The van der Waals surface area contributed by atoms with Gasteiger partial charge in [0.15, 0.2) is 0 Å². The molecule has 0 aromatic carbocycles. The van der Waals surface area contributed by atoms with E-state index in [1.165, 1.54) is 0 Å². The predicted octanol–water partition coefficient (Wildman–Crippen LogP) is 0.668. The number of hydrogen-bond donors (Lipinski definition) is 0. The third-order valence-electron chi connectivity index (χ3n) is 1.76. The van der Waals surface area contributed by atoms with Gasteiger partial charge in [0.05, 0.1) is 24.6 Å². The number of hydrogen-bond acceptors (Lipinski definition) is 2. The molecule has 2 rings (SSSR count). The summed E-state index contributed by atoms with van der Waals surface area (Å²) in [4.78, 5) is 3.93. The summed E-state index contributed by atoms with van der Waals surface area (Å²) >= 11 is 0. The van der Waals surface area contributed by atoms with Gasteiger partial charge in [0.2, 0.25) is 0 Å². The molecular formula is C10H10N4. The van der Waals surface area contributed by atoms with Crippen molar-refractivity contribution in [1.82, 2.24) is 19.3 Å². The predicted molar refractivity (Wildman–Crippen MR) is 52.3 cm³/mol. The second-order valence-electron chi connectivity index (χ2n) is 2.94. The smallest absolute Gasteiger partial charge is 0.0954 e. The fourth-order valence-corrected chi connectivity index (χ4v) is 1.10. The first kappa shape index (κ1) is 8.57. The van der Waals surface area contributed by atoms with E-state index >= 15 is 0 Å². The Bertz CT molecular complexity index is 456. The molecule has 0 aliphatic carbocycles. The first-order valence-electron chi connectivity index (χ1n) is 4.28. The SMILES string of the molecule is Cn1cc(C#CCn2ccnc2)cn1. The van der Waals surface area contributed by atoms with Gasteiger partial charge < -0.3 is 4.57 Å². The molecule has 14 heavy (non-hydrogen) atoms. The molecule has 0 spiro atoms. The summed E-state index contributed by atoms with van der Waals surface area (Å²) in [5, 5.41) is 4.03. The fraction of sp³-hybridized carbons (Fsp3) is 0.200. The van der Waals surface area contributed by atoms with Gasteiger partial charge in [-0.1, -0.05) is 11.8 Å². The molecule has 0 saturated carbocycles. The van der Waals surface area contributed by atoms with Gasteiger partial charge in [-0.25, -0.2) is 4.98 Å². The molecule has 0 aliphatic heterocycles. The molecule has 0 unspecified atom stereocenters. The van der Waals surface area contributed by atoms with Crippen LogP contribution in [0.2, 0.25) is 0 Å². The van der Waals surface area contributed by atoms with E-state index in [2.05, 4.69) is 21.9 Å². The minimum Gasteiger partial charge on any atom is -0.326 e. The van der Waals surface area contributed by atoms with Crippen LogP contribution in [0.3, 0.4) is 0 Å². The molecule has 4 heteroatoms. The van der Waals surface area contributed by atoms with Gasteiger partial charge in [-0.15, -0.1) is 0 Å². The van der Waals surface area contributed by atoms with E-state index in [0.717, 1.165) is 5.56 Å². The van der Waals surface area contributed by atoms with Crippen LogP contribution in [0, 0.1) is 11.8 Å². The van der Waals surface area contributed by atoms with Gasteiger partial charge in [0.1, 0.15) is 0 Å². The van der Waals surface area contributed by atoms with Crippen LogP contribution in [0.25, 0.3) is 0 Å². The quantitative estimate of drug-likeness (QED) is 0.613. The highest BCUT2D eigenvalue weighted by atomic mass is 15.2. The summed E-state index contributed by atoms with van der Waals surface area (Å²) in [5.41, 5.74) is 0.938. The summed E-state index contributed by atoms with van der Waals surface area (Å²) in [6, 6.07) is 0. The van der Waals surface area contributed by atoms with Crippen molar-refractivity contribution in [2.45, 2.75) is 6.54 Å². The highest BCUT2D eigenvalue weighted by molar-refractivity contribution is 5.29. The monoisotopic (exact) mass is 186 g/mol. The lowest BCUT2D eigenvalue weighted by atomic mass is 10.3. The van der Waals surface area contributed by atoms with Crippen molar-refractivity contribution in [3.05, 3.63) is 36.7 Å². The van der Waals surface area contributed by atoms with Crippen LogP contribution in [-0.2, 0) is 13.6 Å². The van der Waals surface area contributed by atoms with E-state index < -0.39 is 0 Å². The Morgan fingerprint density at radius 2 is 2.43 bits per heavy atom. The molecule has 4 nitrogen and oxygen atoms in total. The number of rotatable bonds is 1. The van der Waals surface area contributed by atoms with Crippen LogP contribution in [0.1, 0.15) is 5.56 Å². The maximum atomic E-state index is 4.03. The standard InChI is InChI=1S/C10H10N4/c1-13-8-10(7-12-13)3-2-5-14-6-4-11-9-14/h4,6-9H,5H2,1H3. The van der Waals surface area contributed by atoms with Crippen LogP contribution in [0.4, 0.5) is 0 Å². The first-order chi connectivity index (χ1) is 6.84. The van der Waals surface area contributed by atoms with E-state index in [1.54, 1.807) is 23.4 Å². The molecule has 0 bridgehead atoms. The van der Waals surface area contributed by atoms with Crippen molar-refractivity contribution in [1.29, 1.82) is 0 Å². The number of aromatic nitrogens is 4. The zero-order valence-corrected chi connectivity index (χ0v) is 7.88. The molecule has 0 N–H and O–H groups in total. The summed E-state index contributed by atoms with van der Waals surface area (Å²) in [7, 11) is 1.88. The Hall–Kier alpha value is -2.02. The van der Waals surface area contributed by atoms with Crippen molar-refractivity contribution in [2.75, 3.05) is 0 Å². The highest BCUT2D eigenvalue weighted by Gasteiger charge is 1.88. The van der Waals surface area contributed by atoms with E-state index in [9.17, 15) is 0 Å². The topological polar surface area (TPSA) is 35.6 Å².